The summed E-state index contributed by atoms with van der Waals surface area (Å²) < 4.78 is 17.5. The molecule has 0 N–H and O–H groups in total. The molecule has 0 aromatic rings. The fourth-order valence-corrected chi connectivity index (χ4v) is 5.85. The van der Waals surface area contributed by atoms with Crippen LogP contribution in [0.2, 0.25) is 0 Å². The molecule has 0 aromatic carbocycles. The van der Waals surface area contributed by atoms with Crippen molar-refractivity contribution in [3.05, 3.63) is 12.2 Å². The van der Waals surface area contributed by atoms with Crippen LogP contribution in [0.15, 0.2) is 12.2 Å². The molecule has 0 bridgehead atoms. The molecule has 174 valence electrons. The van der Waals surface area contributed by atoms with Gasteiger partial charge in [-0.25, -0.2) is 0 Å². The minimum atomic E-state index is -1.06. The standard InChI is InChI=1S/C25H38O6/c1-8-15(4)22(27)30-18-10-9-16(5)24(7)13-25(17(6)12-29-23(25)28)21(20(18)24)31-19(26)11-14(2)3/h14-16,18,20-21H,6,8-13H2,1-5,7H3. The van der Waals surface area contributed by atoms with Crippen LogP contribution < -0.4 is 0 Å². The van der Waals surface area contributed by atoms with Gasteiger partial charge in [0, 0.05) is 12.3 Å². The van der Waals surface area contributed by atoms with E-state index in [1.54, 1.807) is 0 Å². The lowest BCUT2D eigenvalue weighted by Crippen LogP contribution is -2.50. The Kier molecular flexibility index (Phi) is 6.60. The van der Waals surface area contributed by atoms with Crippen molar-refractivity contribution in [2.45, 2.75) is 85.9 Å². The number of ether oxygens (including phenoxy) is 3. The van der Waals surface area contributed by atoms with Gasteiger partial charge in [-0.15, -0.1) is 0 Å². The fraction of sp³-hybridized carbons (Fsp3) is 0.800. The SMILES string of the molecule is C=C1COC(=O)C12CC1(C)C(C)CCC(OC(=O)C(C)CC)C1C2OC(=O)CC(C)C. The van der Waals surface area contributed by atoms with Gasteiger partial charge < -0.3 is 14.2 Å². The van der Waals surface area contributed by atoms with Gasteiger partial charge in [-0.05, 0) is 48.5 Å². The number of carbonyl (C=O) groups excluding carboxylic acids is 3. The maximum absolute atomic E-state index is 13.1. The fourth-order valence-electron chi connectivity index (χ4n) is 5.85. The van der Waals surface area contributed by atoms with Crippen molar-refractivity contribution in [1.29, 1.82) is 0 Å². The molecule has 3 rings (SSSR count). The van der Waals surface area contributed by atoms with E-state index >= 15 is 0 Å². The number of cyclic esters (lactones) is 1. The minimum absolute atomic E-state index is 0.138. The second-order valence-electron chi connectivity index (χ2n) is 10.6. The molecule has 7 unspecified atom stereocenters. The van der Waals surface area contributed by atoms with E-state index < -0.39 is 17.6 Å². The predicted octanol–water partition coefficient (Wildman–Crippen LogP) is 4.46. The zero-order valence-corrected chi connectivity index (χ0v) is 19.9. The third kappa shape index (κ3) is 3.91. The Morgan fingerprint density at radius 1 is 1.23 bits per heavy atom. The van der Waals surface area contributed by atoms with Gasteiger partial charge in [0.25, 0.3) is 0 Å². The highest BCUT2D eigenvalue weighted by atomic mass is 16.6. The minimum Gasteiger partial charge on any atom is -0.462 e. The highest BCUT2D eigenvalue weighted by Crippen LogP contribution is 2.66. The van der Waals surface area contributed by atoms with E-state index in [9.17, 15) is 14.4 Å². The molecule has 3 aliphatic rings. The highest BCUT2D eigenvalue weighted by molar-refractivity contribution is 5.86. The van der Waals surface area contributed by atoms with E-state index in [1.807, 2.05) is 27.7 Å². The van der Waals surface area contributed by atoms with Crippen molar-refractivity contribution in [3.63, 3.8) is 0 Å². The van der Waals surface area contributed by atoms with E-state index in [1.165, 1.54) is 0 Å². The number of carbonyl (C=O) groups is 3. The molecule has 1 aliphatic heterocycles. The molecular weight excluding hydrogens is 396 g/mol. The molecule has 6 heteroatoms. The summed E-state index contributed by atoms with van der Waals surface area (Å²) in [4.78, 5) is 38.6. The number of hydrogen-bond acceptors (Lipinski definition) is 6. The van der Waals surface area contributed by atoms with Crippen LogP contribution in [-0.4, -0.2) is 36.7 Å². The molecule has 3 fully saturated rings. The summed E-state index contributed by atoms with van der Waals surface area (Å²) >= 11 is 0. The lowest BCUT2D eigenvalue weighted by molar-refractivity contribution is -0.178. The number of hydrogen-bond donors (Lipinski definition) is 0. The molecule has 2 saturated carbocycles. The van der Waals surface area contributed by atoms with Gasteiger partial charge in [0.05, 0.1) is 5.92 Å². The van der Waals surface area contributed by atoms with E-state index in [-0.39, 0.29) is 60.0 Å². The van der Waals surface area contributed by atoms with Crippen LogP contribution in [0, 0.1) is 34.5 Å². The summed E-state index contributed by atoms with van der Waals surface area (Å²) in [6.45, 7) is 16.3. The number of rotatable bonds is 6. The summed E-state index contributed by atoms with van der Waals surface area (Å²) in [6.07, 6.45) is 1.91. The maximum atomic E-state index is 13.1. The topological polar surface area (TPSA) is 78.9 Å². The van der Waals surface area contributed by atoms with Crippen molar-refractivity contribution in [3.8, 4) is 0 Å². The molecule has 0 aromatic heterocycles. The highest BCUT2D eigenvalue weighted by Gasteiger charge is 2.72. The Bertz CT molecular complexity index is 739. The summed E-state index contributed by atoms with van der Waals surface area (Å²) in [7, 11) is 0. The Balaban J connectivity index is 2.03. The lowest BCUT2D eigenvalue weighted by atomic mass is 9.61. The van der Waals surface area contributed by atoms with Crippen LogP contribution in [-0.2, 0) is 28.6 Å². The van der Waals surface area contributed by atoms with E-state index in [0.717, 1.165) is 6.42 Å². The quantitative estimate of drug-likeness (QED) is 0.349. The third-order valence-electron chi connectivity index (χ3n) is 8.13. The van der Waals surface area contributed by atoms with Gasteiger partial charge in [-0.1, -0.05) is 48.1 Å². The number of fused-ring (bicyclic) bond motifs is 1. The summed E-state index contributed by atoms with van der Waals surface area (Å²) in [5.41, 5.74) is -0.742. The Morgan fingerprint density at radius 3 is 2.45 bits per heavy atom. The molecule has 0 radical (unpaired) electrons. The molecule has 1 spiro atoms. The van der Waals surface area contributed by atoms with Crippen molar-refractivity contribution in [2.24, 2.45) is 34.5 Å². The Labute approximate surface area is 186 Å². The van der Waals surface area contributed by atoms with Gasteiger partial charge in [0.1, 0.15) is 24.2 Å². The van der Waals surface area contributed by atoms with Gasteiger partial charge in [-0.2, -0.15) is 0 Å². The first-order chi connectivity index (χ1) is 14.5. The molecule has 31 heavy (non-hydrogen) atoms. The Morgan fingerprint density at radius 2 is 1.90 bits per heavy atom. The molecule has 0 amide bonds. The first-order valence-electron chi connectivity index (χ1n) is 11.7. The lowest BCUT2D eigenvalue weighted by Gasteiger charge is -2.47. The summed E-state index contributed by atoms with van der Waals surface area (Å²) in [5, 5.41) is 0. The predicted molar refractivity (Wildman–Crippen MR) is 116 cm³/mol. The first-order valence-corrected chi connectivity index (χ1v) is 11.7. The van der Waals surface area contributed by atoms with Crippen LogP contribution in [0.5, 0.6) is 0 Å². The van der Waals surface area contributed by atoms with Crippen LogP contribution in [0.3, 0.4) is 0 Å². The average Bonchev–Trinajstić information content (AvgIpc) is 3.13. The van der Waals surface area contributed by atoms with Crippen LogP contribution >= 0.6 is 0 Å². The van der Waals surface area contributed by atoms with Gasteiger partial charge in [-0.3, -0.25) is 14.4 Å². The van der Waals surface area contributed by atoms with Crippen molar-refractivity contribution in [2.75, 3.05) is 6.61 Å². The van der Waals surface area contributed by atoms with E-state index in [2.05, 4.69) is 20.4 Å². The molecule has 6 nitrogen and oxygen atoms in total. The van der Waals surface area contributed by atoms with Crippen LogP contribution in [0.25, 0.3) is 0 Å². The zero-order valence-electron chi connectivity index (χ0n) is 19.9. The normalized spacial score (nSPS) is 38.2. The monoisotopic (exact) mass is 434 g/mol. The van der Waals surface area contributed by atoms with E-state index in [4.69, 9.17) is 14.2 Å². The first kappa shape index (κ1) is 23.8. The van der Waals surface area contributed by atoms with Gasteiger partial charge in [0.15, 0.2) is 0 Å². The Hall–Kier alpha value is -1.85. The van der Waals surface area contributed by atoms with Gasteiger partial charge in [0.2, 0.25) is 0 Å². The molecule has 1 heterocycles. The van der Waals surface area contributed by atoms with Crippen LogP contribution in [0.1, 0.15) is 73.6 Å². The second kappa shape index (κ2) is 8.59. The van der Waals surface area contributed by atoms with Crippen molar-refractivity contribution < 1.29 is 28.6 Å². The number of esters is 3. The van der Waals surface area contributed by atoms with Gasteiger partial charge >= 0.3 is 17.9 Å². The third-order valence-corrected chi connectivity index (χ3v) is 8.13. The van der Waals surface area contributed by atoms with Crippen LogP contribution in [0.4, 0.5) is 0 Å². The summed E-state index contributed by atoms with van der Waals surface area (Å²) in [6, 6.07) is 0. The van der Waals surface area contributed by atoms with Crippen molar-refractivity contribution >= 4 is 17.9 Å². The average molecular weight is 435 g/mol. The molecule has 1 saturated heterocycles. The second-order valence-corrected chi connectivity index (χ2v) is 10.6. The maximum Gasteiger partial charge on any atom is 0.320 e. The zero-order chi connectivity index (χ0) is 23.1. The summed E-state index contributed by atoms with van der Waals surface area (Å²) in [5.74, 6) is -0.985. The smallest absolute Gasteiger partial charge is 0.320 e. The van der Waals surface area contributed by atoms with E-state index in [0.29, 0.717) is 24.8 Å². The molecule has 7 atom stereocenters. The largest absolute Gasteiger partial charge is 0.462 e. The molecular formula is C25H38O6. The molecule has 2 aliphatic carbocycles. The van der Waals surface area contributed by atoms with Crippen molar-refractivity contribution in [1.82, 2.24) is 0 Å².